The Hall–Kier alpha value is -0.900. The molecule has 2 nitrogen and oxygen atoms in total. The lowest BCUT2D eigenvalue weighted by Gasteiger charge is -2.37. The third-order valence-electron chi connectivity index (χ3n) is 2.40. The van der Waals surface area contributed by atoms with Crippen molar-refractivity contribution in [3.05, 3.63) is 24.2 Å². The lowest BCUT2D eigenvalue weighted by Crippen LogP contribution is -2.38. The highest BCUT2D eigenvalue weighted by Gasteiger charge is 2.49. The lowest BCUT2D eigenvalue weighted by molar-refractivity contribution is -0.145. The molecule has 0 spiro atoms. The standard InChI is InChI=1S/C9H10F2O2/c10-9(11)4-6(5-9)8(12)7-2-1-3-13-7/h1-3,6,8,12H,4-5H2. The molecule has 4 heteroatoms. The van der Waals surface area contributed by atoms with Crippen LogP contribution in [0, 0.1) is 5.92 Å². The monoisotopic (exact) mass is 188 g/mol. The van der Waals surface area contributed by atoms with E-state index in [0.29, 0.717) is 5.76 Å². The summed E-state index contributed by atoms with van der Waals surface area (Å²) in [5.41, 5.74) is 0. The highest BCUT2D eigenvalue weighted by Crippen LogP contribution is 2.48. The topological polar surface area (TPSA) is 33.4 Å². The Morgan fingerprint density at radius 2 is 2.23 bits per heavy atom. The summed E-state index contributed by atoms with van der Waals surface area (Å²) in [4.78, 5) is 0. The summed E-state index contributed by atoms with van der Waals surface area (Å²) in [6, 6.07) is 3.23. The van der Waals surface area contributed by atoms with Crippen molar-refractivity contribution in [3.63, 3.8) is 0 Å². The van der Waals surface area contributed by atoms with Crippen molar-refractivity contribution >= 4 is 0 Å². The second kappa shape index (κ2) is 2.80. The SMILES string of the molecule is OC(c1ccco1)C1CC(F)(F)C1. The van der Waals surface area contributed by atoms with Gasteiger partial charge in [0, 0.05) is 18.8 Å². The van der Waals surface area contributed by atoms with E-state index in [0.717, 1.165) is 0 Å². The van der Waals surface area contributed by atoms with Crippen LogP contribution in [0.25, 0.3) is 0 Å². The molecule has 1 fully saturated rings. The maximum absolute atomic E-state index is 12.4. The van der Waals surface area contributed by atoms with Gasteiger partial charge in [-0.1, -0.05) is 0 Å². The van der Waals surface area contributed by atoms with Crippen LogP contribution in [0.5, 0.6) is 0 Å². The van der Waals surface area contributed by atoms with Crippen molar-refractivity contribution < 1.29 is 18.3 Å². The van der Waals surface area contributed by atoms with E-state index >= 15 is 0 Å². The predicted octanol–water partition coefficient (Wildman–Crippen LogP) is 2.36. The molecule has 1 aromatic rings. The summed E-state index contributed by atoms with van der Waals surface area (Å²) in [7, 11) is 0. The number of furan rings is 1. The Morgan fingerprint density at radius 3 is 2.69 bits per heavy atom. The molecule has 1 saturated carbocycles. The number of alkyl halides is 2. The number of aliphatic hydroxyl groups excluding tert-OH is 1. The third-order valence-corrected chi connectivity index (χ3v) is 2.40. The Kier molecular flexibility index (Phi) is 1.87. The zero-order chi connectivity index (χ0) is 9.47. The first-order valence-electron chi connectivity index (χ1n) is 4.18. The maximum Gasteiger partial charge on any atom is 0.248 e. The minimum Gasteiger partial charge on any atom is -0.467 e. The summed E-state index contributed by atoms with van der Waals surface area (Å²) in [5, 5.41) is 9.53. The van der Waals surface area contributed by atoms with E-state index in [-0.39, 0.29) is 18.8 Å². The normalized spacial score (nSPS) is 23.9. The van der Waals surface area contributed by atoms with E-state index in [1.807, 2.05) is 0 Å². The molecule has 0 aromatic carbocycles. The molecule has 1 heterocycles. The van der Waals surface area contributed by atoms with Gasteiger partial charge in [-0.3, -0.25) is 0 Å². The number of rotatable bonds is 2. The molecule has 1 aromatic heterocycles. The first-order valence-corrected chi connectivity index (χ1v) is 4.18. The highest BCUT2D eigenvalue weighted by atomic mass is 19.3. The predicted molar refractivity (Wildman–Crippen MR) is 41.3 cm³/mol. The molecule has 1 aliphatic rings. The Labute approximate surface area is 74.2 Å². The molecule has 0 amide bonds. The van der Waals surface area contributed by atoms with E-state index in [2.05, 4.69) is 0 Å². The summed E-state index contributed by atoms with van der Waals surface area (Å²) < 4.78 is 29.8. The first kappa shape index (κ1) is 8.69. The van der Waals surface area contributed by atoms with Crippen LogP contribution in [0.4, 0.5) is 8.78 Å². The van der Waals surface area contributed by atoms with E-state index < -0.39 is 12.0 Å². The maximum atomic E-state index is 12.4. The average Bonchev–Trinajstić information content (AvgIpc) is 2.50. The molecule has 72 valence electrons. The highest BCUT2D eigenvalue weighted by molar-refractivity contribution is 5.06. The van der Waals surface area contributed by atoms with Gasteiger partial charge in [0.1, 0.15) is 11.9 Å². The van der Waals surface area contributed by atoms with Gasteiger partial charge in [0.25, 0.3) is 0 Å². The molecule has 2 rings (SSSR count). The number of hydrogen-bond acceptors (Lipinski definition) is 2. The Bertz CT molecular complexity index is 274. The second-order valence-electron chi connectivity index (χ2n) is 3.48. The van der Waals surface area contributed by atoms with Crippen molar-refractivity contribution in [2.75, 3.05) is 0 Å². The van der Waals surface area contributed by atoms with Crippen LogP contribution >= 0.6 is 0 Å². The van der Waals surface area contributed by atoms with Crippen LogP contribution in [0.3, 0.4) is 0 Å². The molecule has 13 heavy (non-hydrogen) atoms. The molecule has 1 aliphatic carbocycles. The van der Waals surface area contributed by atoms with E-state index in [4.69, 9.17) is 4.42 Å². The fraction of sp³-hybridized carbons (Fsp3) is 0.556. The quantitative estimate of drug-likeness (QED) is 0.772. The van der Waals surface area contributed by atoms with Gasteiger partial charge in [0.15, 0.2) is 0 Å². The molecule has 1 unspecified atom stereocenters. The Morgan fingerprint density at radius 1 is 1.54 bits per heavy atom. The van der Waals surface area contributed by atoms with Crippen molar-refractivity contribution in [3.8, 4) is 0 Å². The summed E-state index contributed by atoms with van der Waals surface area (Å²) in [5.74, 6) is -2.57. The van der Waals surface area contributed by atoms with Crippen molar-refractivity contribution in [2.24, 2.45) is 5.92 Å². The van der Waals surface area contributed by atoms with Gasteiger partial charge in [-0.15, -0.1) is 0 Å². The molecule has 0 aliphatic heterocycles. The van der Waals surface area contributed by atoms with Crippen LogP contribution in [0.15, 0.2) is 22.8 Å². The average molecular weight is 188 g/mol. The zero-order valence-electron chi connectivity index (χ0n) is 6.91. The van der Waals surface area contributed by atoms with Gasteiger partial charge < -0.3 is 9.52 Å². The van der Waals surface area contributed by atoms with Crippen molar-refractivity contribution in [1.82, 2.24) is 0 Å². The first-order chi connectivity index (χ1) is 6.08. The van der Waals surface area contributed by atoms with Crippen LogP contribution < -0.4 is 0 Å². The number of hydrogen-bond donors (Lipinski definition) is 1. The molecular weight excluding hydrogens is 178 g/mol. The number of aliphatic hydroxyl groups is 1. The Balaban J connectivity index is 1.97. The molecule has 0 saturated heterocycles. The van der Waals surface area contributed by atoms with Crippen molar-refractivity contribution in [1.29, 1.82) is 0 Å². The molecule has 1 atom stereocenters. The van der Waals surface area contributed by atoms with Crippen LogP contribution in [-0.4, -0.2) is 11.0 Å². The van der Waals surface area contributed by atoms with Crippen LogP contribution in [0.1, 0.15) is 24.7 Å². The van der Waals surface area contributed by atoms with Crippen LogP contribution in [0.2, 0.25) is 0 Å². The van der Waals surface area contributed by atoms with E-state index in [1.54, 1.807) is 12.1 Å². The molecule has 1 N–H and O–H groups in total. The van der Waals surface area contributed by atoms with Gasteiger partial charge in [0.05, 0.1) is 6.26 Å². The lowest BCUT2D eigenvalue weighted by atomic mass is 9.77. The zero-order valence-corrected chi connectivity index (χ0v) is 6.91. The van der Waals surface area contributed by atoms with Crippen LogP contribution in [-0.2, 0) is 0 Å². The summed E-state index contributed by atoms with van der Waals surface area (Å²) >= 11 is 0. The van der Waals surface area contributed by atoms with Gasteiger partial charge in [-0.05, 0) is 12.1 Å². The number of halogens is 2. The van der Waals surface area contributed by atoms with Gasteiger partial charge in [-0.25, -0.2) is 8.78 Å². The van der Waals surface area contributed by atoms with Crippen molar-refractivity contribution in [2.45, 2.75) is 24.9 Å². The fourth-order valence-corrected chi connectivity index (χ4v) is 1.62. The smallest absolute Gasteiger partial charge is 0.248 e. The molecule has 0 bridgehead atoms. The minimum absolute atomic E-state index is 0.241. The van der Waals surface area contributed by atoms with Gasteiger partial charge in [0.2, 0.25) is 5.92 Å². The minimum atomic E-state index is -2.59. The van der Waals surface area contributed by atoms with Gasteiger partial charge in [-0.2, -0.15) is 0 Å². The molecule has 0 radical (unpaired) electrons. The van der Waals surface area contributed by atoms with E-state index in [9.17, 15) is 13.9 Å². The molecular formula is C9H10F2O2. The van der Waals surface area contributed by atoms with E-state index in [1.165, 1.54) is 6.26 Å². The summed E-state index contributed by atoms with van der Waals surface area (Å²) in [6.45, 7) is 0. The third kappa shape index (κ3) is 1.58. The van der Waals surface area contributed by atoms with Gasteiger partial charge >= 0.3 is 0 Å². The summed E-state index contributed by atoms with van der Waals surface area (Å²) in [6.07, 6.45) is 0.0636. The largest absolute Gasteiger partial charge is 0.467 e. The fourth-order valence-electron chi connectivity index (χ4n) is 1.62. The second-order valence-corrected chi connectivity index (χ2v) is 3.48.